The second kappa shape index (κ2) is 2.90. The normalized spacial score (nSPS) is 13.4. The summed E-state index contributed by atoms with van der Waals surface area (Å²) in [5, 5.41) is 1.81. The molecule has 0 atom stereocenters. The molecule has 73 valence electrons. The van der Waals surface area contributed by atoms with Crippen molar-refractivity contribution in [3.8, 4) is 0 Å². The fourth-order valence-electron chi connectivity index (χ4n) is 0.689. The smallest absolute Gasteiger partial charge is 0.166 e. The van der Waals surface area contributed by atoms with Crippen molar-refractivity contribution >= 4 is 11.3 Å². The van der Waals surface area contributed by atoms with Crippen molar-refractivity contribution in [2.75, 3.05) is 0 Å². The van der Waals surface area contributed by atoms with Crippen LogP contribution in [0.1, 0.15) is 10.4 Å². The molecule has 1 radical (unpaired) electrons. The molecule has 0 aliphatic rings. The van der Waals surface area contributed by atoms with E-state index >= 15 is 0 Å². The predicted molar refractivity (Wildman–Crippen MR) is 33.2 cm³/mol. The summed E-state index contributed by atoms with van der Waals surface area (Å²) in [5.41, 5.74) is -1.68. The van der Waals surface area contributed by atoms with Gasteiger partial charge in [-0.05, 0) is 6.07 Å². The first-order chi connectivity index (χ1) is 5.73. The third kappa shape index (κ3) is 2.15. The molecule has 0 aliphatic carbocycles. The van der Waals surface area contributed by atoms with Crippen LogP contribution in [0.15, 0.2) is 6.07 Å². The first-order valence-electron chi connectivity index (χ1n) is 2.87. The van der Waals surface area contributed by atoms with E-state index in [4.69, 9.17) is 0 Å². The summed E-state index contributed by atoms with van der Waals surface area (Å²) < 4.78 is 71.4. The van der Waals surface area contributed by atoms with E-state index in [-0.39, 0.29) is 11.3 Å². The van der Waals surface area contributed by atoms with Crippen LogP contribution >= 0.6 is 11.3 Å². The topological polar surface area (TPSA) is 0 Å². The third-order valence-electron chi connectivity index (χ3n) is 1.17. The summed E-state index contributed by atoms with van der Waals surface area (Å²) in [4.78, 5) is -1.65. The third-order valence-corrected chi connectivity index (χ3v) is 2.06. The molecule has 1 heterocycles. The van der Waals surface area contributed by atoms with Crippen molar-refractivity contribution in [1.82, 2.24) is 0 Å². The molecule has 0 saturated heterocycles. The minimum Gasteiger partial charge on any atom is -0.166 e. The van der Waals surface area contributed by atoms with Crippen molar-refractivity contribution in [2.24, 2.45) is 0 Å². The number of halogens is 6. The van der Waals surface area contributed by atoms with Gasteiger partial charge in [-0.2, -0.15) is 26.3 Å². The SMILES string of the molecule is FC(F)(F)c1c[c]sc1C(F)(F)F. The molecule has 1 aromatic heterocycles. The van der Waals surface area contributed by atoms with Gasteiger partial charge < -0.3 is 0 Å². The lowest BCUT2D eigenvalue weighted by Gasteiger charge is -2.09. The van der Waals surface area contributed by atoms with Crippen LogP contribution in [0.5, 0.6) is 0 Å². The lowest BCUT2D eigenvalue weighted by atomic mass is 10.2. The summed E-state index contributed by atoms with van der Waals surface area (Å²) in [7, 11) is 0. The lowest BCUT2D eigenvalue weighted by molar-refractivity contribution is -0.159. The van der Waals surface area contributed by atoms with Gasteiger partial charge in [-0.1, -0.05) is 0 Å². The molecule has 0 spiro atoms. The van der Waals surface area contributed by atoms with E-state index in [0.717, 1.165) is 0 Å². The summed E-state index contributed by atoms with van der Waals surface area (Å²) in [6.07, 6.45) is -9.93. The van der Waals surface area contributed by atoms with Crippen LogP contribution in [-0.4, -0.2) is 0 Å². The molecule has 7 heteroatoms. The van der Waals surface area contributed by atoms with Crippen LogP contribution in [0.25, 0.3) is 0 Å². The highest BCUT2D eigenvalue weighted by Gasteiger charge is 2.44. The Morgan fingerprint density at radius 3 is 1.85 bits per heavy atom. The monoisotopic (exact) mass is 219 g/mol. The van der Waals surface area contributed by atoms with Crippen LogP contribution in [0.2, 0.25) is 0 Å². The Balaban J connectivity index is 3.19. The van der Waals surface area contributed by atoms with Gasteiger partial charge in [0.25, 0.3) is 0 Å². The Morgan fingerprint density at radius 2 is 1.54 bits per heavy atom. The zero-order valence-corrected chi connectivity index (χ0v) is 6.57. The van der Waals surface area contributed by atoms with Gasteiger partial charge in [0.05, 0.1) is 5.56 Å². The average Bonchev–Trinajstić information content (AvgIpc) is 2.27. The van der Waals surface area contributed by atoms with Gasteiger partial charge in [0.2, 0.25) is 0 Å². The first-order valence-corrected chi connectivity index (χ1v) is 3.69. The van der Waals surface area contributed by atoms with Gasteiger partial charge in [0, 0.05) is 5.38 Å². The van der Waals surface area contributed by atoms with Crippen molar-refractivity contribution in [3.05, 3.63) is 21.9 Å². The van der Waals surface area contributed by atoms with E-state index in [0.29, 0.717) is 6.07 Å². The number of thiophene rings is 1. The zero-order valence-electron chi connectivity index (χ0n) is 5.75. The van der Waals surface area contributed by atoms with Crippen molar-refractivity contribution in [3.63, 3.8) is 0 Å². The molecular formula is C6HF6S. The van der Waals surface area contributed by atoms with Crippen molar-refractivity contribution in [1.29, 1.82) is 0 Å². The predicted octanol–water partition coefficient (Wildman–Crippen LogP) is 3.59. The van der Waals surface area contributed by atoms with E-state index in [9.17, 15) is 26.3 Å². The Bertz CT molecular complexity index is 264. The maximum absolute atomic E-state index is 11.9. The Hall–Kier alpha value is -0.720. The number of alkyl halides is 6. The Kier molecular flexibility index (Phi) is 2.31. The molecule has 0 fully saturated rings. The summed E-state index contributed by atoms with van der Waals surface area (Å²) in [6, 6.07) is 0.299. The highest BCUT2D eigenvalue weighted by molar-refractivity contribution is 7.09. The van der Waals surface area contributed by atoms with Gasteiger partial charge >= 0.3 is 12.4 Å². The zero-order chi connectivity index (χ0) is 10.3. The van der Waals surface area contributed by atoms with Gasteiger partial charge in [0.1, 0.15) is 4.88 Å². The van der Waals surface area contributed by atoms with Crippen LogP contribution in [0.3, 0.4) is 0 Å². The van der Waals surface area contributed by atoms with Gasteiger partial charge in [-0.25, -0.2) is 0 Å². The molecule has 0 unspecified atom stereocenters. The highest BCUT2D eigenvalue weighted by atomic mass is 32.1. The number of rotatable bonds is 0. The minimum atomic E-state index is -4.97. The molecule has 0 saturated carbocycles. The van der Waals surface area contributed by atoms with Crippen LogP contribution < -0.4 is 0 Å². The maximum Gasteiger partial charge on any atom is 0.426 e. The van der Waals surface area contributed by atoms with Crippen molar-refractivity contribution in [2.45, 2.75) is 12.4 Å². The summed E-state index contributed by atoms with van der Waals surface area (Å²) in [6.45, 7) is 0. The molecule has 13 heavy (non-hydrogen) atoms. The first kappa shape index (κ1) is 10.4. The van der Waals surface area contributed by atoms with Crippen LogP contribution in [-0.2, 0) is 12.4 Å². The Labute approximate surface area is 72.8 Å². The van der Waals surface area contributed by atoms with E-state index in [1.54, 1.807) is 0 Å². The van der Waals surface area contributed by atoms with Gasteiger partial charge in [-0.15, -0.1) is 11.3 Å². The van der Waals surface area contributed by atoms with Gasteiger partial charge in [0.15, 0.2) is 0 Å². The molecule has 0 amide bonds. The fourth-order valence-corrected chi connectivity index (χ4v) is 1.38. The van der Waals surface area contributed by atoms with E-state index in [1.807, 2.05) is 5.38 Å². The minimum absolute atomic E-state index is 0.0866. The molecule has 0 bridgehead atoms. The molecular weight excluding hydrogens is 218 g/mol. The summed E-state index contributed by atoms with van der Waals surface area (Å²) >= 11 is -0.0866. The quantitative estimate of drug-likeness (QED) is 0.585. The molecule has 0 aromatic carbocycles. The standard InChI is InChI=1S/C6HF6S/c7-5(8,9)3-1-2-13-4(3)6(10,11)12/h1H. The lowest BCUT2D eigenvalue weighted by Crippen LogP contribution is -2.12. The molecule has 0 nitrogen and oxygen atoms in total. The van der Waals surface area contributed by atoms with Crippen LogP contribution in [0.4, 0.5) is 26.3 Å². The van der Waals surface area contributed by atoms with Crippen LogP contribution in [0, 0.1) is 5.38 Å². The van der Waals surface area contributed by atoms with E-state index < -0.39 is 22.8 Å². The highest BCUT2D eigenvalue weighted by Crippen LogP contribution is 2.42. The number of hydrogen-bond donors (Lipinski definition) is 0. The molecule has 0 N–H and O–H groups in total. The largest absolute Gasteiger partial charge is 0.426 e. The van der Waals surface area contributed by atoms with Crippen molar-refractivity contribution < 1.29 is 26.3 Å². The number of hydrogen-bond acceptors (Lipinski definition) is 1. The Morgan fingerprint density at radius 1 is 1.00 bits per heavy atom. The second-order valence-electron chi connectivity index (χ2n) is 2.10. The molecule has 1 aromatic rings. The second-order valence-corrected chi connectivity index (χ2v) is 2.95. The van der Waals surface area contributed by atoms with E-state index in [2.05, 4.69) is 0 Å². The molecule has 1 rings (SSSR count). The summed E-state index contributed by atoms with van der Waals surface area (Å²) in [5.74, 6) is 0. The van der Waals surface area contributed by atoms with E-state index in [1.165, 1.54) is 0 Å². The average molecular weight is 219 g/mol. The maximum atomic E-state index is 11.9. The fraction of sp³-hybridized carbons (Fsp3) is 0.333. The molecule has 0 aliphatic heterocycles. The van der Waals surface area contributed by atoms with Gasteiger partial charge in [-0.3, -0.25) is 0 Å².